The van der Waals surface area contributed by atoms with Crippen LogP contribution in [0.15, 0.2) is 72.8 Å². The molecule has 52 heavy (non-hydrogen) atoms. The number of ether oxygens (including phenoxy) is 1. The summed E-state index contributed by atoms with van der Waals surface area (Å²) in [4.78, 5) is 69.7. The van der Waals surface area contributed by atoms with Crippen LogP contribution >= 0.6 is 0 Å². The van der Waals surface area contributed by atoms with Gasteiger partial charge in [-0.05, 0) is 93.0 Å². The maximum Gasteiger partial charge on any atom is 0.410 e. The summed E-state index contributed by atoms with van der Waals surface area (Å²) >= 11 is 0. The quantitative estimate of drug-likeness (QED) is 0.226. The molecule has 0 saturated carbocycles. The molecule has 0 spiro atoms. The highest BCUT2D eigenvalue weighted by molar-refractivity contribution is 6.79. The zero-order valence-corrected chi connectivity index (χ0v) is 32.1. The van der Waals surface area contributed by atoms with Crippen LogP contribution in [0.25, 0.3) is 11.1 Å². The molecule has 0 bridgehead atoms. The van der Waals surface area contributed by atoms with E-state index in [0.29, 0.717) is 17.8 Å². The van der Waals surface area contributed by atoms with Crippen molar-refractivity contribution in [3.63, 3.8) is 0 Å². The van der Waals surface area contributed by atoms with E-state index >= 15 is 0 Å². The number of carbonyl (C=O) groups is 5. The molecule has 4 amide bonds. The van der Waals surface area contributed by atoms with E-state index in [1.54, 1.807) is 69.0 Å². The summed E-state index contributed by atoms with van der Waals surface area (Å²) in [7, 11) is -0.569. The molecule has 2 aliphatic rings. The molecule has 3 aromatic rings. The lowest BCUT2D eigenvalue weighted by molar-refractivity contribution is -0.142. The number of aryl methyl sites for hydroxylation is 1. The van der Waals surface area contributed by atoms with Crippen LogP contribution < -0.4 is 10.6 Å². The monoisotopic (exact) mass is 726 g/mol. The van der Waals surface area contributed by atoms with Crippen LogP contribution in [0.4, 0.5) is 4.79 Å². The zero-order valence-electron chi connectivity index (χ0n) is 31.1. The minimum absolute atomic E-state index is 0.142. The average molecular weight is 727 g/mol. The number of nitrogens with zero attached hydrogens (tertiary/aromatic N) is 2. The topological polar surface area (TPSA) is 145 Å². The number of carboxylic acids is 1. The third-order valence-corrected chi connectivity index (χ3v) is 12.6. The van der Waals surface area contributed by atoms with Gasteiger partial charge in [0, 0.05) is 13.2 Å². The Hall–Kier alpha value is -4.97. The first-order chi connectivity index (χ1) is 24.4. The van der Waals surface area contributed by atoms with E-state index in [-0.39, 0.29) is 17.5 Å². The standard InChI is InChI=1S/C40H50N4O7Si/c1-25(43(5)39(50)51-40(2,3)4)35(45)42-34(29-19-15-26(16-20-29)27-17-21-30(22-18-27)38(48)49)37(47)44-24-52(6,7)23-33(44)36(46)41-32-14-10-12-28-11-8-9-13-31(28)32/h8-9,11,13,15-22,25,32-34H,10,12,14,23-24H2,1-7H3,(H,41,46)(H,42,45)(H,48,49). The summed E-state index contributed by atoms with van der Waals surface area (Å²) < 4.78 is 5.47. The van der Waals surface area contributed by atoms with Gasteiger partial charge in [-0.15, -0.1) is 0 Å². The second-order valence-electron chi connectivity index (χ2n) is 15.7. The van der Waals surface area contributed by atoms with Crippen molar-refractivity contribution in [3.05, 3.63) is 95.1 Å². The van der Waals surface area contributed by atoms with E-state index < -0.39 is 55.7 Å². The summed E-state index contributed by atoms with van der Waals surface area (Å²) in [6.45, 7) is 11.1. The second kappa shape index (κ2) is 15.3. The number of benzene rings is 3. The smallest absolute Gasteiger partial charge is 0.410 e. The third kappa shape index (κ3) is 8.90. The van der Waals surface area contributed by atoms with Gasteiger partial charge in [-0.2, -0.15) is 0 Å². The number of likely N-dealkylation sites (N-methyl/N-ethyl adjacent to an activating group) is 1. The largest absolute Gasteiger partial charge is 0.478 e. The van der Waals surface area contributed by atoms with Crippen LogP contribution in [0.5, 0.6) is 0 Å². The number of hydrogen-bond acceptors (Lipinski definition) is 6. The maximum atomic E-state index is 14.7. The van der Waals surface area contributed by atoms with Gasteiger partial charge < -0.3 is 25.4 Å². The lowest BCUT2D eigenvalue weighted by Crippen LogP contribution is -2.53. The van der Waals surface area contributed by atoms with Crippen LogP contribution in [0.3, 0.4) is 0 Å². The Bertz CT molecular complexity index is 1820. The summed E-state index contributed by atoms with van der Waals surface area (Å²) in [5.41, 5.74) is 3.81. The predicted octanol–water partition coefficient (Wildman–Crippen LogP) is 6.12. The van der Waals surface area contributed by atoms with Crippen molar-refractivity contribution in [2.24, 2.45) is 0 Å². The van der Waals surface area contributed by atoms with Crippen LogP contribution in [0.2, 0.25) is 19.1 Å². The van der Waals surface area contributed by atoms with Crippen LogP contribution in [-0.2, 0) is 25.5 Å². The van der Waals surface area contributed by atoms with Crippen molar-refractivity contribution < 1.29 is 33.8 Å². The Morgan fingerprint density at radius 3 is 2.17 bits per heavy atom. The fourth-order valence-corrected chi connectivity index (χ4v) is 9.84. The van der Waals surface area contributed by atoms with Gasteiger partial charge in [-0.1, -0.05) is 73.8 Å². The first-order valence-corrected chi connectivity index (χ1v) is 21.2. The molecule has 4 unspecified atom stereocenters. The highest BCUT2D eigenvalue weighted by Crippen LogP contribution is 2.34. The minimum atomic E-state index is -2.04. The molecule has 3 N–H and O–H groups in total. The number of nitrogens with one attached hydrogen (secondary N) is 2. The lowest BCUT2D eigenvalue weighted by Gasteiger charge is -2.33. The normalized spacial score (nSPS) is 19.1. The molecular formula is C40H50N4O7Si. The molecule has 1 aliphatic heterocycles. The maximum absolute atomic E-state index is 14.7. The Morgan fingerprint density at radius 2 is 1.56 bits per heavy atom. The number of carbonyl (C=O) groups excluding carboxylic acids is 4. The van der Waals surface area contributed by atoms with Crippen molar-refractivity contribution in [1.82, 2.24) is 20.4 Å². The summed E-state index contributed by atoms with van der Waals surface area (Å²) in [5, 5.41) is 15.5. The summed E-state index contributed by atoms with van der Waals surface area (Å²) in [6.07, 6.45) is 2.51. The van der Waals surface area contributed by atoms with Gasteiger partial charge in [0.2, 0.25) is 17.7 Å². The first-order valence-electron chi connectivity index (χ1n) is 17.8. The van der Waals surface area contributed by atoms with Gasteiger partial charge in [0.25, 0.3) is 0 Å². The molecule has 4 atom stereocenters. The van der Waals surface area contributed by atoms with Gasteiger partial charge in [-0.25, -0.2) is 9.59 Å². The van der Waals surface area contributed by atoms with E-state index in [9.17, 15) is 29.1 Å². The number of fused-ring (bicyclic) bond motifs is 1. The van der Waals surface area contributed by atoms with Crippen molar-refractivity contribution >= 4 is 37.9 Å². The van der Waals surface area contributed by atoms with Gasteiger partial charge in [0.05, 0.1) is 19.7 Å². The number of carboxylic acid groups (broad SMARTS) is 1. The van der Waals surface area contributed by atoms with Gasteiger partial charge in [0.15, 0.2) is 0 Å². The summed E-state index contributed by atoms with van der Waals surface area (Å²) in [5.74, 6) is -2.18. The molecule has 276 valence electrons. The molecule has 1 heterocycles. The van der Waals surface area contributed by atoms with Crippen LogP contribution in [0.1, 0.15) is 79.7 Å². The van der Waals surface area contributed by atoms with Crippen molar-refractivity contribution in [2.75, 3.05) is 13.2 Å². The van der Waals surface area contributed by atoms with E-state index in [1.807, 2.05) is 12.1 Å². The van der Waals surface area contributed by atoms with Gasteiger partial charge in [-0.3, -0.25) is 19.3 Å². The Morgan fingerprint density at radius 1 is 0.942 bits per heavy atom. The molecule has 1 fully saturated rings. The average Bonchev–Trinajstić information content (AvgIpc) is 3.44. The highest BCUT2D eigenvalue weighted by atomic mass is 28.3. The molecular weight excluding hydrogens is 677 g/mol. The van der Waals surface area contributed by atoms with E-state index in [0.717, 1.165) is 36.0 Å². The second-order valence-corrected chi connectivity index (χ2v) is 20.8. The van der Waals surface area contributed by atoms with Crippen LogP contribution in [0, 0.1) is 0 Å². The Kier molecular flexibility index (Phi) is 11.3. The lowest BCUT2D eigenvalue weighted by atomic mass is 9.87. The van der Waals surface area contributed by atoms with Gasteiger partial charge >= 0.3 is 12.1 Å². The van der Waals surface area contributed by atoms with Crippen molar-refractivity contribution in [1.29, 1.82) is 0 Å². The number of amides is 4. The molecule has 12 heteroatoms. The number of hydrogen-bond donors (Lipinski definition) is 3. The molecule has 1 saturated heterocycles. The molecule has 5 rings (SSSR count). The first kappa shape index (κ1) is 38.3. The SMILES string of the molecule is CC(C(=O)NC(C(=O)N1C[Si](C)(C)CC1C(=O)NC1CCCc2ccccc21)c1ccc(-c2ccc(C(=O)O)cc2)cc1)N(C)C(=O)OC(C)(C)C. The van der Waals surface area contributed by atoms with Crippen molar-refractivity contribution in [2.45, 2.75) is 95.9 Å². The van der Waals surface area contributed by atoms with Crippen LogP contribution in [-0.4, -0.2) is 83.7 Å². The summed E-state index contributed by atoms with van der Waals surface area (Å²) in [6, 6.07) is 19.3. The number of rotatable bonds is 9. The molecule has 0 aromatic heterocycles. The van der Waals surface area contributed by atoms with Gasteiger partial charge in [0.1, 0.15) is 23.7 Å². The Labute approximate surface area is 306 Å². The van der Waals surface area contributed by atoms with Crippen molar-refractivity contribution in [3.8, 4) is 11.1 Å². The highest BCUT2D eigenvalue weighted by Gasteiger charge is 2.47. The van der Waals surface area contributed by atoms with E-state index in [4.69, 9.17) is 4.74 Å². The van der Waals surface area contributed by atoms with E-state index in [2.05, 4.69) is 35.9 Å². The number of aromatic carboxylic acids is 1. The Balaban J connectivity index is 1.44. The predicted molar refractivity (Wildman–Crippen MR) is 201 cm³/mol. The fraction of sp³-hybridized carbons (Fsp3) is 0.425. The minimum Gasteiger partial charge on any atom is -0.478 e. The molecule has 11 nitrogen and oxygen atoms in total. The van der Waals surface area contributed by atoms with E-state index in [1.165, 1.54) is 29.6 Å². The molecule has 3 aromatic carbocycles. The fourth-order valence-electron chi connectivity index (χ4n) is 6.96. The molecule has 1 aliphatic carbocycles. The molecule has 0 radical (unpaired) electrons. The third-order valence-electron chi connectivity index (χ3n) is 9.88. The zero-order chi connectivity index (χ0) is 38.0.